The number of fused-ring (bicyclic) bond motifs is 1. The molecular weight excluding hydrogens is 640 g/mol. The maximum Gasteiger partial charge on any atom is 0.418 e. The largest absolute Gasteiger partial charge is 0.486 e. The molecule has 0 spiro atoms. The maximum absolute atomic E-state index is 13.3. The number of hydrogen-bond donors (Lipinski definition) is 5. The molecule has 1 aromatic heterocycles. The molecule has 7 N–H and O–H groups in total. The van der Waals surface area contributed by atoms with Gasteiger partial charge in [0.2, 0.25) is 0 Å². The van der Waals surface area contributed by atoms with Crippen molar-refractivity contribution in [3.8, 4) is 5.75 Å². The zero-order valence-corrected chi connectivity index (χ0v) is 27.4. The molecule has 16 nitrogen and oxygen atoms in total. The molecule has 0 bridgehead atoms. The van der Waals surface area contributed by atoms with Gasteiger partial charge in [-0.05, 0) is 89.7 Å². The van der Waals surface area contributed by atoms with E-state index >= 15 is 0 Å². The predicted octanol–water partition coefficient (Wildman–Crippen LogP) is 0.772. The highest BCUT2D eigenvalue weighted by Gasteiger charge is 2.58. The number of aromatic nitrogens is 1. The van der Waals surface area contributed by atoms with Crippen molar-refractivity contribution in [2.75, 3.05) is 18.8 Å². The number of rotatable bonds is 12. The van der Waals surface area contributed by atoms with Crippen molar-refractivity contribution in [1.82, 2.24) is 20.7 Å². The minimum absolute atomic E-state index is 0.114. The highest BCUT2D eigenvalue weighted by molar-refractivity contribution is 7.80. The number of aliphatic imine (C=N–C) groups is 1. The SMILES string of the molecule is CC(CC1CNC1)N=C(N)c1ccc2c(c1)CCC(C(C)O/N=C(\C(=O)NC1C(=O)N(OS(=O)(=O)O)C1(C)C)c1csc(N)n1)O2. The molecule has 250 valence electrons. The Balaban J connectivity index is 1.24. The van der Waals surface area contributed by atoms with E-state index < -0.39 is 46.0 Å². The Kier molecular flexibility index (Phi) is 9.55. The molecule has 4 unspecified atom stereocenters. The van der Waals surface area contributed by atoms with Gasteiger partial charge in [0.1, 0.15) is 29.4 Å². The molecule has 2 fully saturated rings. The first-order valence-corrected chi connectivity index (χ1v) is 17.0. The Morgan fingerprint density at radius 1 is 1.35 bits per heavy atom. The van der Waals surface area contributed by atoms with Crippen LogP contribution in [0.2, 0.25) is 0 Å². The van der Waals surface area contributed by atoms with Gasteiger partial charge in [0.15, 0.2) is 16.9 Å². The fraction of sp³-hybridized carbons (Fsp3) is 0.536. The van der Waals surface area contributed by atoms with E-state index in [2.05, 4.69) is 37.0 Å². The summed E-state index contributed by atoms with van der Waals surface area (Å²) in [5.74, 6) is 0.104. The van der Waals surface area contributed by atoms with E-state index in [1.807, 2.05) is 18.2 Å². The number of amides is 2. The van der Waals surface area contributed by atoms with Crippen molar-refractivity contribution in [1.29, 1.82) is 0 Å². The maximum atomic E-state index is 13.3. The van der Waals surface area contributed by atoms with Gasteiger partial charge in [0, 0.05) is 17.0 Å². The van der Waals surface area contributed by atoms with Crippen molar-refractivity contribution in [2.45, 2.75) is 76.8 Å². The molecule has 0 aliphatic carbocycles. The highest BCUT2D eigenvalue weighted by Crippen LogP contribution is 2.33. The van der Waals surface area contributed by atoms with Crippen LogP contribution in [-0.2, 0) is 35.5 Å². The zero-order chi connectivity index (χ0) is 33.4. The summed E-state index contributed by atoms with van der Waals surface area (Å²) in [5, 5.41) is 12.0. The van der Waals surface area contributed by atoms with Crippen LogP contribution in [0.1, 0.15) is 57.4 Å². The summed E-state index contributed by atoms with van der Waals surface area (Å²) in [4.78, 5) is 40.4. The lowest BCUT2D eigenvalue weighted by molar-refractivity contribution is -0.218. The molecule has 0 saturated carbocycles. The van der Waals surface area contributed by atoms with Gasteiger partial charge in [-0.15, -0.1) is 15.6 Å². The number of amidine groups is 1. The molecule has 3 aliphatic heterocycles. The molecule has 0 radical (unpaired) electrons. The number of thiazole rings is 1. The second kappa shape index (κ2) is 13.1. The van der Waals surface area contributed by atoms with E-state index in [1.165, 1.54) is 19.2 Å². The average Bonchev–Trinajstić information content (AvgIpc) is 3.40. The Morgan fingerprint density at radius 3 is 2.70 bits per heavy atom. The minimum atomic E-state index is -4.96. The van der Waals surface area contributed by atoms with Gasteiger partial charge in [-0.2, -0.15) is 13.5 Å². The van der Waals surface area contributed by atoms with E-state index in [-0.39, 0.29) is 22.6 Å². The van der Waals surface area contributed by atoms with Crippen molar-refractivity contribution < 1.29 is 36.4 Å². The van der Waals surface area contributed by atoms with Crippen LogP contribution in [0.25, 0.3) is 0 Å². The third-order valence-electron chi connectivity index (χ3n) is 8.17. The quantitative estimate of drug-likeness (QED) is 0.0689. The van der Waals surface area contributed by atoms with Gasteiger partial charge in [-0.25, -0.2) is 4.98 Å². The number of carbonyl (C=O) groups is 2. The third-order valence-corrected chi connectivity index (χ3v) is 9.18. The summed E-state index contributed by atoms with van der Waals surface area (Å²) in [7, 11) is -4.96. The number of β-lactam (4-membered cyclic amide) rings is 1. The third kappa shape index (κ3) is 7.41. The molecule has 18 heteroatoms. The Morgan fingerprint density at radius 2 is 2.09 bits per heavy atom. The van der Waals surface area contributed by atoms with E-state index in [9.17, 15) is 18.0 Å². The number of nitrogens with two attached hydrogens (primary N) is 2. The number of hydrogen-bond acceptors (Lipinski definition) is 13. The monoisotopic (exact) mass is 678 g/mol. The molecule has 46 heavy (non-hydrogen) atoms. The number of hydroxylamine groups is 2. The minimum Gasteiger partial charge on any atom is -0.486 e. The van der Waals surface area contributed by atoms with E-state index in [0.717, 1.165) is 42.0 Å². The summed E-state index contributed by atoms with van der Waals surface area (Å²) in [6, 6.07) is 4.66. The van der Waals surface area contributed by atoms with Gasteiger partial charge in [-0.3, -0.25) is 19.1 Å². The predicted molar refractivity (Wildman–Crippen MR) is 169 cm³/mol. The first-order chi connectivity index (χ1) is 21.6. The smallest absolute Gasteiger partial charge is 0.418 e. The summed E-state index contributed by atoms with van der Waals surface area (Å²) in [6.45, 7) is 8.76. The normalized spacial score (nSPS) is 23.0. The van der Waals surface area contributed by atoms with Gasteiger partial charge in [0.25, 0.3) is 11.8 Å². The number of nitrogens with one attached hydrogen (secondary N) is 2. The van der Waals surface area contributed by atoms with Crippen LogP contribution in [-0.4, -0.2) is 89.3 Å². The number of nitrogen functional groups attached to an aromatic ring is 1. The second-order valence-corrected chi connectivity index (χ2v) is 14.1. The fourth-order valence-electron chi connectivity index (χ4n) is 5.49. The van der Waals surface area contributed by atoms with E-state index in [4.69, 9.17) is 25.6 Å². The molecule has 2 amide bonds. The van der Waals surface area contributed by atoms with Crippen molar-refractivity contribution >= 4 is 50.2 Å². The first kappa shape index (κ1) is 33.5. The lowest BCUT2D eigenvalue weighted by Gasteiger charge is -2.50. The van der Waals surface area contributed by atoms with Crippen LogP contribution >= 0.6 is 11.3 Å². The molecular formula is C28H38N8O8S2. The zero-order valence-electron chi connectivity index (χ0n) is 25.8. The summed E-state index contributed by atoms with van der Waals surface area (Å²) >= 11 is 1.08. The number of oxime groups is 1. The topological polar surface area (TPSA) is 233 Å². The Labute approximate surface area is 270 Å². The molecule has 1 aromatic carbocycles. The van der Waals surface area contributed by atoms with Gasteiger partial charge in [0.05, 0.1) is 5.54 Å². The lowest BCUT2D eigenvalue weighted by Crippen LogP contribution is -2.76. The number of aryl methyl sites for hydroxylation is 1. The molecule has 4 heterocycles. The van der Waals surface area contributed by atoms with Crippen LogP contribution in [0.3, 0.4) is 0 Å². The number of nitrogens with zero attached hydrogens (tertiary/aromatic N) is 4. The summed E-state index contributed by atoms with van der Waals surface area (Å²) in [5.41, 5.74) is 12.5. The highest BCUT2D eigenvalue weighted by atomic mass is 32.3. The van der Waals surface area contributed by atoms with Gasteiger partial charge < -0.3 is 31.7 Å². The van der Waals surface area contributed by atoms with E-state index in [0.29, 0.717) is 35.4 Å². The fourth-order valence-corrected chi connectivity index (χ4v) is 6.49. The second-order valence-electron chi connectivity index (χ2n) is 12.2. The Hall–Kier alpha value is -3.84. The average molecular weight is 679 g/mol. The molecule has 3 aliphatic rings. The van der Waals surface area contributed by atoms with Crippen LogP contribution in [0.4, 0.5) is 5.13 Å². The molecule has 4 atom stereocenters. The number of benzene rings is 1. The van der Waals surface area contributed by atoms with Crippen molar-refractivity contribution in [3.63, 3.8) is 0 Å². The van der Waals surface area contributed by atoms with Crippen LogP contribution < -0.4 is 26.8 Å². The molecule has 5 rings (SSSR count). The number of ether oxygens (including phenoxy) is 1. The number of carbonyl (C=O) groups excluding carboxylic acids is 2. The van der Waals surface area contributed by atoms with E-state index in [1.54, 1.807) is 6.92 Å². The molecule has 2 saturated heterocycles. The van der Waals surface area contributed by atoms with Crippen LogP contribution in [0.5, 0.6) is 5.75 Å². The number of anilines is 1. The van der Waals surface area contributed by atoms with Crippen LogP contribution in [0.15, 0.2) is 33.7 Å². The van der Waals surface area contributed by atoms with Crippen molar-refractivity contribution in [2.24, 2.45) is 21.8 Å². The summed E-state index contributed by atoms with van der Waals surface area (Å²) < 4.78 is 41.8. The van der Waals surface area contributed by atoms with Crippen molar-refractivity contribution in [3.05, 3.63) is 40.4 Å². The Bertz CT molecular complexity index is 1660. The van der Waals surface area contributed by atoms with Gasteiger partial charge >= 0.3 is 10.4 Å². The van der Waals surface area contributed by atoms with Crippen LogP contribution in [0, 0.1) is 5.92 Å². The lowest BCUT2D eigenvalue weighted by atomic mass is 9.84. The molecule has 2 aromatic rings. The first-order valence-electron chi connectivity index (χ1n) is 14.7. The standard InChI is InChI=1S/C28H38N8O8S2/c1-14(9-16-11-31-12-16)32-24(29)18-6-8-21-17(10-18)5-7-20(42-21)15(2)43-35-22(19-13-45-27(30)33-19)25(37)34-23-26(38)36(28(23,3)4)44-46(39,40)41/h6,8,10,13-16,20,23,31H,5,7,9,11-12H2,1-4H3,(H2,29,32)(H2,30,33)(H,34,37)(H,39,40,41)/b35-22-. The summed E-state index contributed by atoms with van der Waals surface area (Å²) in [6.07, 6.45) is 1.30. The van der Waals surface area contributed by atoms with Gasteiger partial charge in [-0.1, -0.05) is 5.16 Å².